The molecule has 0 bridgehead atoms. The van der Waals surface area contributed by atoms with E-state index in [0.717, 1.165) is 38.9 Å². The minimum atomic E-state index is 0.288. The summed E-state index contributed by atoms with van der Waals surface area (Å²) in [6, 6.07) is 4.98. The van der Waals surface area contributed by atoms with Crippen LogP contribution in [0.1, 0.15) is 31.2 Å². The minimum absolute atomic E-state index is 0.288. The summed E-state index contributed by atoms with van der Waals surface area (Å²) in [5.74, 6) is 0.288. The average Bonchev–Trinajstić information content (AvgIpc) is 2.99. The van der Waals surface area contributed by atoms with Gasteiger partial charge in [-0.15, -0.1) is 0 Å². The predicted octanol–water partition coefficient (Wildman–Crippen LogP) is 2.60. The van der Waals surface area contributed by atoms with E-state index >= 15 is 0 Å². The highest BCUT2D eigenvalue weighted by Gasteiger charge is 2.35. The van der Waals surface area contributed by atoms with Crippen LogP contribution in [0.25, 0.3) is 0 Å². The second kappa shape index (κ2) is 7.07. The Hall–Kier alpha value is -1.66. The summed E-state index contributed by atoms with van der Waals surface area (Å²) in [7, 11) is 0. The highest BCUT2D eigenvalue weighted by atomic mass is 32.1. The third kappa shape index (κ3) is 3.70. The summed E-state index contributed by atoms with van der Waals surface area (Å²) < 4.78 is 1.98. The molecule has 3 heterocycles. The van der Waals surface area contributed by atoms with E-state index < -0.39 is 0 Å². The molecule has 1 saturated heterocycles. The summed E-state index contributed by atoms with van der Waals surface area (Å²) >= 11 is 1.70. The SMILES string of the molecule is O=C(CN1CCCC1Cn1cccn1)N(Cc1ccsc1)C1CC1. The van der Waals surface area contributed by atoms with Crippen molar-refractivity contribution in [2.75, 3.05) is 13.1 Å². The third-order valence-electron chi connectivity index (χ3n) is 5.04. The van der Waals surface area contributed by atoms with Gasteiger partial charge in [0.05, 0.1) is 13.1 Å². The Bertz CT molecular complexity index is 651. The summed E-state index contributed by atoms with van der Waals surface area (Å²) in [6.07, 6.45) is 8.47. The zero-order valence-corrected chi connectivity index (χ0v) is 14.7. The van der Waals surface area contributed by atoms with Crippen LogP contribution >= 0.6 is 11.3 Å². The van der Waals surface area contributed by atoms with Crippen LogP contribution in [0.2, 0.25) is 0 Å². The molecule has 4 rings (SSSR count). The largest absolute Gasteiger partial charge is 0.334 e. The molecular weight excluding hydrogens is 320 g/mol. The molecule has 6 heteroatoms. The zero-order valence-electron chi connectivity index (χ0n) is 13.9. The second-order valence-electron chi connectivity index (χ2n) is 6.88. The van der Waals surface area contributed by atoms with Crippen LogP contribution in [0.5, 0.6) is 0 Å². The first kappa shape index (κ1) is 15.8. The fourth-order valence-electron chi connectivity index (χ4n) is 3.59. The highest BCUT2D eigenvalue weighted by molar-refractivity contribution is 7.07. The number of hydrogen-bond acceptors (Lipinski definition) is 4. The van der Waals surface area contributed by atoms with Crippen molar-refractivity contribution >= 4 is 17.2 Å². The number of aromatic nitrogens is 2. The molecule has 0 aromatic carbocycles. The van der Waals surface area contributed by atoms with E-state index in [1.807, 2.05) is 23.1 Å². The van der Waals surface area contributed by atoms with Gasteiger partial charge in [0.25, 0.3) is 0 Å². The lowest BCUT2D eigenvalue weighted by atomic mass is 10.2. The highest BCUT2D eigenvalue weighted by Crippen LogP contribution is 2.29. The van der Waals surface area contributed by atoms with E-state index in [-0.39, 0.29) is 5.91 Å². The third-order valence-corrected chi connectivity index (χ3v) is 5.77. The van der Waals surface area contributed by atoms with Gasteiger partial charge in [-0.3, -0.25) is 14.4 Å². The van der Waals surface area contributed by atoms with Crippen molar-refractivity contribution in [1.29, 1.82) is 0 Å². The van der Waals surface area contributed by atoms with E-state index in [1.54, 1.807) is 11.3 Å². The van der Waals surface area contributed by atoms with Gasteiger partial charge in [0.2, 0.25) is 5.91 Å². The second-order valence-corrected chi connectivity index (χ2v) is 7.66. The number of thiophene rings is 1. The molecule has 2 aromatic rings. The number of nitrogens with zero attached hydrogens (tertiary/aromatic N) is 4. The van der Waals surface area contributed by atoms with Crippen LogP contribution in [0, 0.1) is 0 Å². The van der Waals surface area contributed by atoms with Crippen LogP contribution in [-0.2, 0) is 17.9 Å². The van der Waals surface area contributed by atoms with E-state index in [0.29, 0.717) is 18.6 Å². The number of amides is 1. The molecule has 1 amide bonds. The van der Waals surface area contributed by atoms with Gasteiger partial charge in [-0.2, -0.15) is 16.4 Å². The zero-order chi connectivity index (χ0) is 16.4. The van der Waals surface area contributed by atoms with Crippen molar-refractivity contribution in [1.82, 2.24) is 19.6 Å². The Morgan fingerprint density at radius 1 is 1.38 bits per heavy atom. The van der Waals surface area contributed by atoms with Crippen LogP contribution in [0.4, 0.5) is 0 Å². The number of hydrogen-bond donors (Lipinski definition) is 0. The van der Waals surface area contributed by atoms with Crippen molar-refractivity contribution in [3.8, 4) is 0 Å². The van der Waals surface area contributed by atoms with Crippen molar-refractivity contribution in [3.63, 3.8) is 0 Å². The molecule has 1 saturated carbocycles. The van der Waals surface area contributed by atoms with Crippen molar-refractivity contribution < 1.29 is 4.79 Å². The number of rotatable bonds is 7. The van der Waals surface area contributed by atoms with Gasteiger partial charge < -0.3 is 4.90 Å². The maximum atomic E-state index is 12.9. The van der Waals surface area contributed by atoms with Gasteiger partial charge >= 0.3 is 0 Å². The summed E-state index contributed by atoms with van der Waals surface area (Å²) in [5.41, 5.74) is 1.26. The maximum absolute atomic E-state index is 12.9. The Labute approximate surface area is 146 Å². The fraction of sp³-hybridized carbons (Fsp3) is 0.556. The molecule has 1 aliphatic heterocycles. The lowest BCUT2D eigenvalue weighted by Gasteiger charge is -2.28. The van der Waals surface area contributed by atoms with Crippen molar-refractivity contribution in [3.05, 3.63) is 40.8 Å². The standard InChI is InChI=1S/C18H24N4OS/c23-18(22(16-4-5-16)11-15-6-10-24-14-15)13-20-8-1-3-17(20)12-21-9-2-7-19-21/h2,6-7,9-10,14,16-17H,1,3-5,8,11-13H2. The predicted molar refractivity (Wildman–Crippen MR) is 94.7 cm³/mol. The Morgan fingerprint density at radius 3 is 3.00 bits per heavy atom. The number of carbonyl (C=O) groups excluding carboxylic acids is 1. The van der Waals surface area contributed by atoms with E-state index in [2.05, 4.69) is 31.7 Å². The molecule has 128 valence electrons. The molecule has 2 fully saturated rings. The first-order chi connectivity index (χ1) is 11.8. The van der Waals surface area contributed by atoms with E-state index in [9.17, 15) is 4.79 Å². The summed E-state index contributed by atoms with van der Waals surface area (Å²) in [5, 5.41) is 8.55. The molecule has 0 radical (unpaired) electrons. The van der Waals surface area contributed by atoms with Crippen molar-refractivity contribution in [2.45, 2.75) is 50.9 Å². The van der Waals surface area contributed by atoms with Crippen LogP contribution in [-0.4, -0.2) is 50.7 Å². The Morgan fingerprint density at radius 2 is 2.29 bits per heavy atom. The molecule has 24 heavy (non-hydrogen) atoms. The summed E-state index contributed by atoms with van der Waals surface area (Å²) in [4.78, 5) is 17.4. The van der Waals surface area contributed by atoms with Gasteiger partial charge in [0.1, 0.15) is 0 Å². The lowest BCUT2D eigenvalue weighted by Crippen LogP contribution is -2.44. The Kier molecular flexibility index (Phi) is 4.67. The molecule has 0 N–H and O–H groups in total. The first-order valence-corrected chi connectivity index (χ1v) is 9.76. The average molecular weight is 344 g/mol. The van der Waals surface area contributed by atoms with Gasteiger partial charge in [-0.05, 0) is 60.7 Å². The van der Waals surface area contributed by atoms with Crippen LogP contribution in [0.3, 0.4) is 0 Å². The topological polar surface area (TPSA) is 41.4 Å². The van der Waals surface area contributed by atoms with Gasteiger partial charge in [-0.25, -0.2) is 0 Å². The molecule has 0 spiro atoms. The minimum Gasteiger partial charge on any atom is -0.334 e. The van der Waals surface area contributed by atoms with Gasteiger partial charge in [0, 0.05) is 31.0 Å². The maximum Gasteiger partial charge on any atom is 0.237 e. The number of likely N-dealkylation sites (tertiary alicyclic amines) is 1. The lowest BCUT2D eigenvalue weighted by molar-refractivity contribution is -0.134. The molecular formula is C18H24N4OS. The van der Waals surface area contributed by atoms with Gasteiger partial charge in [-0.1, -0.05) is 0 Å². The summed E-state index contributed by atoms with van der Waals surface area (Å²) in [6.45, 7) is 3.22. The van der Waals surface area contributed by atoms with Crippen LogP contribution < -0.4 is 0 Å². The molecule has 1 unspecified atom stereocenters. The first-order valence-electron chi connectivity index (χ1n) is 8.81. The number of carbonyl (C=O) groups is 1. The normalized spacial score (nSPS) is 21.2. The molecule has 2 aliphatic rings. The Balaban J connectivity index is 1.38. The quantitative estimate of drug-likeness (QED) is 0.775. The van der Waals surface area contributed by atoms with E-state index in [1.165, 1.54) is 12.0 Å². The molecule has 1 aliphatic carbocycles. The van der Waals surface area contributed by atoms with Crippen molar-refractivity contribution in [2.24, 2.45) is 0 Å². The van der Waals surface area contributed by atoms with E-state index in [4.69, 9.17) is 0 Å². The molecule has 1 atom stereocenters. The van der Waals surface area contributed by atoms with Crippen LogP contribution in [0.15, 0.2) is 35.3 Å². The molecule has 2 aromatic heterocycles. The monoisotopic (exact) mass is 344 g/mol. The smallest absolute Gasteiger partial charge is 0.237 e. The molecule has 5 nitrogen and oxygen atoms in total. The fourth-order valence-corrected chi connectivity index (χ4v) is 4.25. The van der Waals surface area contributed by atoms with Gasteiger partial charge in [0.15, 0.2) is 0 Å².